The van der Waals surface area contributed by atoms with E-state index in [1.807, 2.05) is 0 Å². The Kier molecular flexibility index (Phi) is 11.5. The van der Waals surface area contributed by atoms with Gasteiger partial charge in [-0.05, 0) is 76.2 Å². The largest absolute Gasteiger partial charge is 0.449 e. The van der Waals surface area contributed by atoms with Gasteiger partial charge in [0.1, 0.15) is 5.82 Å². The number of carbonyl (C=O) groups excluding carboxylic acids is 3. The minimum atomic E-state index is -0.828. The van der Waals surface area contributed by atoms with E-state index in [2.05, 4.69) is 29.0 Å². The predicted octanol–water partition coefficient (Wildman–Crippen LogP) is 4.03. The van der Waals surface area contributed by atoms with Crippen molar-refractivity contribution in [2.45, 2.75) is 40.5 Å². The summed E-state index contributed by atoms with van der Waals surface area (Å²) in [5.74, 6) is -1.38. The number of unbranched alkanes of at least 4 members (excludes halogenated alkanes) is 1. The molecule has 3 amide bonds. The zero-order valence-corrected chi connectivity index (χ0v) is 23.2. The third-order valence-corrected chi connectivity index (χ3v) is 6.53. The lowest BCUT2D eigenvalue weighted by Gasteiger charge is -2.18. The van der Waals surface area contributed by atoms with Gasteiger partial charge in [-0.25, -0.2) is 14.1 Å². The van der Waals surface area contributed by atoms with Crippen LogP contribution in [0.3, 0.4) is 0 Å². The highest BCUT2D eigenvalue weighted by molar-refractivity contribution is 6.41. The lowest BCUT2D eigenvalue weighted by Crippen LogP contribution is -2.35. The van der Waals surface area contributed by atoms with E-state index in [1.54, 1.807) is 19.9 Å². The molecule has 0 fully saturated rings. The van der Waals surface area contributed by atoms with E-state index in [-0.39, 0.29) is 41.7 Å². The number of amides is 3. The Morgan fingerprint density at radius 3 is 2.58 bits per heavy atom. The van der Waals surface area contributed by atoms with Crippen LogP contribution in [0.1, 0.15) is 59.6 Å². The molecule has 3 rings (SSSR count). The number of ether oxygens (including phenoxy) is 1. The lowest BCUT2D eigenvalue weighted by molar-refractivity contribution is -0.112. The fraction of sp³-hybridized carbons (Fsp3) is 0.444. The number of fused-ring (bicyclic) bond motifs is 1. The average molecular weight is 550 g/mol. The molecule has 2 aromatic rings. The second-order valence-corrected chi connectivity index (χ2v) is 8.92. The van der Waals surface area contributed by atoms with Gasteiger partial charge in [0.2, 0.25) is 0 Å². The van der Waals surface area contributed by atoms with Crippen LogP contribution in [0, 0.1) is 19.7 Å². The highest BCUT2D eigenvalue weighted by Crippen LogP contribution is 2.39. The molecule has 208 valence electrons. The van der Waals surface area contributed by atoms with Gasteiger partial charge in [0.15, 0.2) is 0 Å². The number of carbonyl (C=O) groups is 3. The maximum Gasteiger partial charge on any atom is 0.421 e. The zero-order chi connectivity index (χ0) is 27.1. The van der Waals surface area contributed by atoms with Crippen molar-refractivity contribution in [1.29, 1.82) is 0 Å². The number of likely N-dealkylation sites (N-methyl/N-ethyl adjacent to an activating group) is 1. The summed E-state index contributed by atoms with van der Waals surface area (Å²) >= 11 is 0. The minimum absolute atomic E-state index is 0. The summed E-state index contributed by atoms with van der Waals surface area (Å²) in [6.45, 7) is 11.4. The number of aromatic amines is 1. The number of nitrogens with one attached hydrogen (secondary N) is 2. The smallest absolute Gasteiger partial charge is 0.421 e. The Morgan fingerprint density at radius 1 is 1.21 bits per heavy atom. The summed E-state index contributed by atoms with van der Waals surface area (Å²) in [6, 6.07) is 3.79. The number of benzene rings is 1. The van der Waals surface area contributed by atoms with Crippen molar-refractivity contribution < 1.29 is 23.5 Å². The highest BCUT2D eigenvalue weighted by Gasteiger charge is 2.38. The third kappa shape index (κ3) is 6.80. The molecule has 0 unspecified atom stereocenters. The fourth-order valence-corrected chi connectivity index (χ4v) is 4.41. The van der Waals surface area contributed by atoms with Crippen LogP contribution in [0.15, 0.2) is 18.2 Å². The molecule has 4 N–H and O–H groups in total. The number of halogens is 2. The van der Waals surface area contributed by atoms with Crippen LogP contribution in [0.2, 0.25) is 0 Å². The topological polar surface area (TPSA) is 121 Å². The standard InChI is InChI=1S/C27H36FN5O4.ClH/c1-5-32(6-2)13-12-30-25(34)24-17(3)22(31-18(24)4)16-21-20-15-19(28)9-10-23(20)33(26(21)35)27(36)37-14-8-7-11-29;/h9-10,15-16,31H,5-8,11-14,29H2,1-4H3,(H,30,34);1H/b21-16-;. The fourth-order valence-electron chi connectivity index (χ4n) is 4.41. The van der Waals surface area contributed by atoms with Crippen LogP contribution >= 0.6 is 12.4 Å². The van der Waals surface area contributed by atoms with Crippen molar-refractivity contribution in [3.8, 4) is 0 Å². The summed E-state index contributed by atoms with van der Waals surface area (Å²) in [5, 5.41) is 2.95. The Labute approximate surface area is 229 Å². The predicted molar refractivity (Wildman–Crippen MR) is 149 cm³/mol. The van der Waals surface area contributed by atoms with Crippen LogP contribution in [-0.4, -0.2) is 67.1 Å². The quantitative estimate of drug-likeness (QED) is 0.287. The molecule has 11 heteroatoms. The molecule has 1 aliphatic rings. The first kappa shape index (κ1) is 31.0. The molecule has 0 aliphatic carbocycles. The first-order valence-corrected chi connectivity index (χ1v) is 12.7. The normalized spacial score (nSPS) is 13.6. The molecule has 38 heavy (non-hydrogen) atoms. The summed E-state index contributed by atoms with van der Waals surface area (Å²) in [5.41, 5.74) is 8.45. The molecule has 2 heterocycles. The zero-order valence-electron chi connectivity index (χ0n) is 22.4. The van der Waals surface area contributed by atoms with E-state index < -0.39 is 17.8 Å². The second kappa shape index (κ2) is 14.1. The van der Waals surface area contributed by atoms with Crippen molar-refractivity contribution in [2.75, 3.05) is 44.2 Å². The Bertz CT molecular complexity index is 1190. The van der Waals surface area contributed by atoms with E-state index in [4.69, 9.17) is 10.5 Å². The molecule has 1 aromatic carbocycles. The molecule has 1 aromatic heterocycles. The number of nitrogens with zero attached hydrogens (tertiary/aromatic N) is 2. The van der Waals surface area contributed by atoms with Crippen molar-refractivity contribution in [2.24, 2.45) is 5.73 Å². The highest BCUT2D eigenvalue weighted by atomic mass is 35.5. The maximum absolute atomic E-state index is 14.1. The van der Waals surface area contributed by atoms with Gasteiger partial charge >= 0.3 is 6.09 Å². The Hall–Kier alpha value is -3.21. The molecular weight excluding hydrogens is 513 g/mol. The summed E-state index contributed by atoms with van der Waals surface area (Å²) < 4.78 is 19.4. The molecule has 0 spiro atoms. The van der Waals surface area contributed by atoms with E-state index in [0.29, 0.717) is 48.4 Å². The van der Waals surface area contributed by atoms with Crippen LogP contribution in [0.4, 0.5) is 14.9 Å². The van der Waals surface area contributed by atoms with E-state index in [0.717, 1.165) is 24.5 Å². The van der Waals surface area contributed by atoms with E-state index >= 15 is 0 Å². The van der Waals surface area contributed by atoms with Crippen molar-refractivity contribution >= 4 is 47.7 Å². The van der Waals surface area contributed by atoms with Crippen molar-refractivity contribution in [3.63, 3.8) is 0 Å². The number of anilines is 1. The number of imide groups is 1. The summed E-state index contributed by atoms with van der Waals surface area (Å²) in [6.07, 6.45) is 1.98. The molecule has 9 nitrogen and oxygen atoms in total. The van der Waals surface area contributed by atoms with Crippen molar-refractivity contribution in [3.05, 3.63) is 52.1 Å². The number of aromatic nitrogens is 1. The van der Waals surface area contributed by atoms with Crippen molar-refractivity contribution in [1.82, 2.24) is 15.2 Å². The molecule has 1 aliphatic heterocycles. The van der Waals surface area contributed by atoms with E-state index in [1.165, 1.54) is 18.2 Å². The first-order chi connectivity index (χ1) is 17.7. The second-order valence-electron chi connectivity index (χ2n) is 8.92. The van der Waals surface area contributed by atoms with Crippen LogP contribution in [-0.2, 0) is 9.53 Å². The molecular formula is C27H37ClFN5O4. The SMILES string of the molecule is CCN(CC)CCNC(=O)c1c(C)[nH]c(/C=C2\C(=O)N(C(=O)OCCCCN)c3ccc(F)cc32)c1C.Cl. The maximum atomic E-state index is 14.1. The average Bonchev–Trinajstić information content (AvgIpc) is 3.31. The van der Waals surface area contributed by atoms with Crippen LogP contribution in [0.5, 0.6) is 0 Å². The summed E-state index contributed by atoms with van der Waals surface area (Å²) in [7, 11) is 0. The number of rotatable bonds is 11. The van der Waals surface area contributed by atoms with Gasteiger partial charge in [0.25, 0.3) is 11.8 Å². The number of aryl methyl sites for hydroxylation is 1. The molecule has 0 atom stereocenters. The van der Waals surface area contributed by atoms with Gasteiger partial charge < -0.3 is 25.7 Å². The Morgan fingerprint density at radius 2 is 1.92 bits per heavy atom. The molecule has 0 radical (unpaired) electrons. The minimum Gasteiger partial charge on any atom is -0.449 e. The van der Waals surface area contributed by atoms with Crippen LogP contribution in [0.25, 0.3) is 11.6 Å². The Balaban J connectivity index is 0.00000507. The third-order valence-electron chi connectivity index (χ3n) is 6.53. The van der Waals surface area contributed by atoms with Gasteiger partial charge in [-0.1, -0.05) is 13.8 Å². The van der Waals surface area contributed by atoms with Gasteiger partial charge in [-0.15, -0.1) is 12.4 Å². The first-order valence-electron chi connectivity index (χ1n) is 12.7. The number of nitrogens with two attached hydrogens (primary N) is 1. The lowest BCUT2D eigenvalue weighted by atomic mass is 10.0. The summed E-state index contributed by atoms with van der Waals surface area (Å²) in [4.78, 5) is 45.3. The van der Waals surface area contributed by atoms with Gasteiger partial charge in [-0.2, -0.15) is 0 Å². The van der Waals surface area contributed by atoms with Crippen LogP contribution < -0.4 is 16.0 Å². The van der Waals surface area contributed by atoms with Gasteiger partial charge in [0, 0.05) is 30.0 Å². The molecule has 0 saturated heterocycles. The number of hydrogen-bond donors (Lipinski definition) is 3. The number of H-pyrrole nitrogens is 1. The van der Waals surface area contributed by atoms with Gasteiger partial charge in [0.05, 0.1) is 23.4 Å². The molecule has 0 bridgehead atoms. The monoisotopic (exact) mass is 549 g/mol. The molecule has 0 saturated carbocycles. The van der Waals surface area contributed by atoms with Gasteiger partial charge in [-0.3, -0.25) is 9.59 Å². The number of hydrogen-bond acceptors (Lipinski definition) is 6. The van der Waals surface area contributed by atoms with E-state index in [9.17, 15) is 18.8 Å².